The Hall–Kier alpha value is -1.48. The summed E-state index contributed by atoms with van der Waals surface area (Å²) < 4.78 is 13.7. The van der Waals surface area contributed by atoms with Gasteiger partial charge in [0, 0.05) is 24.4 Å². The molecule has 1 saturated heterocycles. The predicted molar refractivity (Wildman–Crippen MR) is 74.4 cm³/mol. The van der Waals surface area contributed by atoms with Crippen LogP contribution in [0, 0.1) is 5.82 Å². The Labute approximate surface area is 108 Å². The molecule has 1 aromatic rings. The van der Waals surface area contributed by atoms with Gasteiger partial charge in [0.15, 0.2) is 0 Å². The van der Waals surface area contributed by atoms with Crippen LogP contribution in [0.15, 0.2) is 35.8 Å². The first-order chi connectivity index (χ1) is 8.41. The Morgan fingerprint density at radius 1 is 1.39 bits per heavy atom. The molecule has 18 heavy (non-hydrogen) atoms. The van der Waals surface area contributed by atoms with E-state index in [1.807, 2.05) is 13.0 Å². The zero-order valence-corrected chi connectivity index (χ0v) is 11.2. The Bertz CT molecular complexity index is 499. The number of likely N-dealkylation sites (N-methyl/N-ethyl adjacent to an activating group) is 1. The molecule has 0 bridgehead atoms. The van der Waals surface area contributed by atoms with Crippen molar-refractivity contribution in [2.24, 2.45) is 4.99 Å². The summed E-state index contributed by atoms with van der Waals surface area (Å²) in [5.41, 5.74) is 1.97. The van der Waals surface area contributed by atoms with E-state index >= 15 is 0 Å². The lowest BCUT2D eigenvalue weighted by Gasteiger charge is -2.43. The molecule has 0 amide bonds. The fraction of sp³-hybridized carbons (Fsp3) is 0.400. The van der Waals surface area contributed by atoms with Crippen LogP contribution in [0.3, 0.4) is 0 Å². The van der Waals surface area contributed by atoms with Gasteiger partial charge in [-0.15, -0.1) is 0 Å². The summed E-state index contributed by atoms with van der Waals surface area (Å²) in [6, 6.07) is 6.69. The largest absolute Gasteiger partial charge is 0.301 e. The highest BCUT2D eigenvalue weighted by atomic mass is 19.1. The molecule has 1 heterocycles. The third-order valence-electron chi connectivity index (χ3n) is 3.29. The molecule has 1 aromatic carbocycles. The minimum Gasteiger partial charge on any atom is -0.301 e. The monoisotopic (exact) mass is 246 g/mol. The third-order valence-corrected chi connectivity index (χ3v) is 3.29. The number of allylic oxidation sites excluding steroid dienone is 1. The van der Waals surface area contributed by atoms with Crippen molar-refractivity contribution in [2.45, 2.75) is 19.4 Å². The van der Waals surface area contributed by atoms with Gasteiger partial charge in [-0.2, -0.15) is 0 Å². The Morgan fingerprint density at radius 2 is 2.00 bits per heavy atom. The standard InChI is InChI=1S/C15H19FN2/c1-11(13-7-5-6-8-14(13)16)12(2)17-15(3)9-18(4)10-15/h5-8H,1,9-10H2,2-4H3. The van der Waals surface area contributed by atoms with Gasteiger partial charge in [-0.25, -0.2) is 4.39 Å². The number of hydrogen-bond donors (Lipinski definition) is 0. The lowest BCUT2D eigenvalue weighted by atomic mass is 9.93. The molecule has 1 aliphatic rings. The summed E-state index contributed by atoms with van der Waals surface area (Å²) in [5, 5.41) is 0. The second-order valence-corrected chi connectivity index (χ2v) is 5.32. The predicted octanol–water partition coefficient (Wildman–Crippen LogP) is 3.00. The first-order valence-electron chi connectivity index (χ1n) is 6.10. The van der Waals surface area contributed by atoms with Gasteiger partial charge < -0.3 is 4.90 Å². The lowest BCUT2D eigenvalue weighted by Crippen LogP contribution is -2.57. The van der Waals surface area contributed by atoms with E-state index in [4.69, 9.17) is 4.99 Å². The highest BCUT2D eigenvalue weighted by Crippen LogP contribution is 2.26. The lowest BCUT2D eigenvalue weighted by molar-refractivity contribution is 0.117. The summed E-state index contributed by atoms with van der Waals surface area (Å²) in [6.45, 7) is 9.86. The fourth-order valence-corrected chi connectivity index (χ4v) is 2.56. The van der Waals surface area contributed by atoms with Crippen LogP contribution in [0.4, 0.5) is 4.39 Å². The van der Waals surface area contributed by atoms with Gasteiger partial charge in [0.25, 0.3) is 0 Å². The van der Waals surface area contributed by atoms with E-state index in [1.54, 1.807) is 12.1 Å². The third kappa shape index (κ3) is 2.51. The molecule has 0 N–H and O–H groups in total. The average molecular weight is 246 g/mol. The molecular weight excluding hydrogens is 227 g/mol. The fourth-order valence-electron chi connectivity index (χ4n) is 2.56. The van der Waals surface area contributed by atoms with Crippen LogP contribution in [0.2, 0.25) is 0 Å². The van der Waals surface area contributed by atoms with E-state index in [-0.39, 0.29) is 11.4 Å². The van der Waals surface area contributed by atoms with Crippen molar-refractivity contribution in [3.63, 3.8) is 0 Å². The first-order valence-corrected chi connectivity index (χ1v) is 6.10. The molecular formula is C15H19FN2. The average Bonchev–Trinajstić information content (AvgIpc) is 2.26. The smallest absolute Gasteiger partial charge is 0.131 e. The number of rotatable bonds is 3. The van der Waals surface area contributed by atoms with Gasteiger partial charge in [0.1, 0.15) is 5.82 Å². The van der Waals surface area contributed by atoms with Crippen molar-refractivity contribution in [1.29, 1.82) is 0 Å². The number of benzene rings is 1. The van der Waals surface area contributed by atoms with Crippen molar-refractivity contribution in [1.82, 2.24) is 4.90 Å². The zero-order valence-electron chi connectivity index (χ0n) is 11.2. The van der Waals surface area contributed by atoms with Crippen LogP contribution in [-0.2, 0) is 0 Å². The minimum absolute atomic E-state index is 0.0486. The van der Waals surface area contributed by atoms with Gasteiger partial charge in [-0.05, 0) is 32.5 Å². The van der Waals surface area contributed by atoms with Crippen LogP contribution >= 0.6 is 0 Å². The molecule has 0 atom stereocenters. The Balaban J connectivity index is 2.20. The summed E-state index contributed by atoms with van der Waals surface area (Å²) in [5.74, 6) is -0.243. The molecule has 1 fully saturated rings. The normalized spacial score (nSPS) is 19.4. The zero-order chi connectivity index (χ0) is 13.3. The van der Waals surface area contributed by atoms with Gasteiger partial charge in [-0.1, -0.05) is 24.8 Å². The highest BCUT2D eigenvalue weighted by Gasteiger charge is 2.36. The molecule has 96 valence electrons. The van der Waals surface area contributed by atoms with E-state index in [0.29, 0.717) is 11.1 Å². The molecule has 0 saturated carbocycles. The molecule has 0 spiro atoms. The van der Waals surface area contributed by atoms with Crippen LogP contribution in [0.5, 0.6) is 0 Å². The van der Waals surface area contributed by atoms with Crippen molar-refractivity contribution in [3.05, 3.63) is 42.2 Å². The van der Waals surface area contributed by atoms with Crippen molar-refractivity contribution < 1.29 is 4.39 Å². The van der Waals surface area contributed by atoms with E-state index in [9.17, 15) is 4.39 Å². The summed E-state index contributed by atoms with van der Waals surface area (Å²) in [4.78, 5) is 6.90. The minimum atomic E-state index is -0.243. The van der Waals surface area contributed by atoms with Crippen LogP contribution in [0.1, 0.15) is 19.4 Å². The number of halogens is 1. The molecule has 0 aliphatic carbocycles. The molecule has 0 radical (unpaired) electrons. The van der Waals surface area contributed by atoms with Crippen LogP contribution < -0.4 is 0 Å². The van der Waals surface area contributed by atoms with Gasteiger partial charge >= 0.3 is 0 Å². The number of nitrogens with zero attached hydrogens (tertiary/aromatic N) is 2. The number of likely N-dealkylation sites (tertiary alicyclic amines) is 1. The summed E-state index contributed by atoms with van der Waals surface area (Å²) in [6.07, 6.45) is 0. The van der Waals surface area contributed by atoms with Crippen LogP contribution in [0.25, 0.3) is 5.57 Å². The Kier molecular flexibility index (Phi) is 3.35. The molecule has 1 aliphatic heterocycles. The quantitative estimate of drug-likeness (QED) is 0.749. The van der Waals surface area contributed by atoms with Crippen molar-refractivity contribution in [2.75, 3.05) is 20.1 Å². The summed E-state index contributed by atoms with van der Waals surface area (Å²) in [7, 11) is 2.07. The molecule has 3 heteroatoms. The molecule has 2 nitrogen and oxygen atoms in total. The number of aliphatic imine (C=N–C) groups is 1. The maximum Gasteiger partial charge on any atom is 0.131 e. The van der Waals surface area contributed by atoms with Crippen LogP contribution in [-0.4, -0.2) is 36.3 Å². The maximum atomic E-state index is 13.7. The number of hydrogen-bond acceptors (Lipinski definition) is 2. The highest BCUT2D eigenvalue weighted by molar-refractivity contribution is 6.22. The molecule has 2 rings (SSSR count). The van der Waals surface area contributed by atoms with E-state index in [1.165, 1.54) is 6.07 Å². The summed E-state index contributed by atoms with van der Waals surface area (Å²) >= 11 is 0. The second-order valence-electron chi connectivity index (χ2n) is 5.32. The second kappa shape index (κ2) is 4.65. The maximum absolute atomic E-state index is 13.7. The van der Waals surface area contributed by atoms with E-state index in [2.05, 4.69) is 25.5 Å². The van der Waals surface area contributed by atoms with Crippen molar-refractivity contribution >= 4 is 11.3 Å². The first kappa shape index (κ1) is 13.0. The van der Waals surface area contributed by atoms with E-state index in [0.717, 1.165) is 18.8 Å². The topological polar surface area (TPSA) is 15.6 Å². The van der Waals surface area contributed by atoms with Gasteiger partial charge in [0.2, 0.25) is 0 Å². The SMILES string of the molecule is C=C(C(C)=NC1(C)CN(C)C1)c1ccccc1F. The molecule has 0 unspecified atom stereocenters. The van der Waals surface area contributed by atoms with E-state index < -0.39 is 0 Å². The Morgan fingerprint density at radius 3 is 2.56 bits per heavy atom. The van der Waals surface area contributed by atoms with Gasteiger partial charge in [-0.3, -0.25) is 4.99 Å². The van der Waals surface area contributed by atoms with Crippen molar-refractivity contribution in [3.8, 4) is 0 Å². The molecule has 0 aromatic heterocycles. The van der Waals surface area contributed by atoms with Gasteiger partial charge in [0.05, 0.1) is 5.54 Å².